The van der Waals surface area contributed by atoms with Crippen molar-refractivity contribution in [2.75, 3.05) is 13.1 Å². The first-order valence-corrected chi connectivity index (χ1v) is 8.50. The van der Waals surface area contributed by atoms with Gasteiger partial charge in [-0.2, -0.15) is 4.98 Å². The van der Waals surface area contributed by atoms with Crippen molar-refractivity contribution < 1.29 is 9.32 Å². The third kappa shape index (κ3) is 2.11. The fourth-order valence-corrected chi connectivity index (χ4v) is 3.59. The lowest BCUT2D eigenvalue weighted by Gasteiger charge is -2.11. The van der Waals surface area contributed by atoms with Crippen molar-refractivity contribution in [1.82, 2.24) is 9.97 Å². The van der Waals surface area contributed by atoms with E-state index in [1.807, 2.05) is 36.4 Å². The molecule has 1 aliphatic heterocycles. The Balaban J connectivity index is 1.83. The van der Waals surface area contributed by atoms with Gasteiger partial charge in [0.25, 0.3) is 5.82 Å². The highest BCUT2D eigenvalue weighted by atomic mass is 16.3. The number of hydrogen-bond donors (Lipinski definition) is 1. The summed E-state index contributed by atoms with van der Waals surface area (Å²) in [4.78, 5) is 11.2. The maximum Gasteiger partial charge on any atom is 0.273 e. The van der Waals surface area contributed by atoms with Gasteiger partial charge in [-0.15, -0.1) is 0 Å². The number of hydrogen-bond acceptors (Lipinski definition) is 3. The van der Waals surface area contributed by atoms with Gasteiger partial charge in [0.05, 0.1) is 13.1 Å². The zero-order valence-corrected chi connectivity index (χ0v) is 13.3. The zero-order valence-electron chi connectivity index (χ0n) is 13.3. The van der Waals surface area contributed by atoms with Gasteiger partial charge in [0.1, 0.15) is 11.1 Å². The summed E-state index contributed by atoms with van der Waals surface area (Å²) < 4.78 is 6.14. The van der Waals surface area contributed by atoms with Crippen LogP contribution in [0.4, 0.5) is 5.82 Å². The summed E-state index contributed by atoms with van der Waals surface area (Å²) in [5, 5.41) is 1.06. The van der Waals surface area contributed by atoms with E-state index in [1.165, 1.54) is 17.7 Å². The van der Waals surface area contributed by atoms with Crippen molar-refractivity contribution in [1.29, 1.82) is 0 Å². The van der Waals surface area contributed by atoms with Crippen molar-refractivity contribution in [3.8, 4) is 11.4 Å². The predicted molar refractivity (Wildman–Crippen MR) is 94.3 cm³/mol. The molecule has 4 heteroatoms. The van der Waals surface area contributed by atoms with E-state index in [4.69, 9.17) is 14.4 Å². The number of quaternary nitrogens is 1. The minimum absolute atomic E-state index is 0.782. The lowest BCUT2D eigenvalue weighted by molar-refractivity contribution is -0.820. The van der Waals surface area contributed by atoms with Crippen LogP contribution in [-0.4, -0.2) is 23.1 Å². The minimum Gasteiger partial charge on any atom is -0.446 e. The van der Waals surface area contributed by atoms with Crippen LogP contribution >= 0.6 is 0 Å². The number of rotatable bonds is 2. The molecule has 2 aromatic carbocycles. The summed E-state index contributed by atoms with van der Waals surface area (Å²) >= 11 is 0. The molecule has 1 fully saturated rings. The lowest BCUT2D eigenvalue weighted by atomic mass is 10.2. The van der Waals surface area contributed by atoms with Crippen molar-refractivity contribution in [3.63, 3.8) is 0 Å². The molecule has 0 bridgehead atoms. The zero-order chi connectivity index (χ0) is 15.9. The van der Waals surface area contributed by atoms with E-state index in [9.17, 15) is 0 Å². The van der Waals surface area contributed by atoms with E-state index in [2.05, 4.69) is 18.2 Å². The number of nitrogens with zero attached hydrogens (tertiary/aromatic N) is 2. The Morgan fingerprint density at radius 1 is 0.833 bits per heavy atom. The topological polar surface area (TPSA) is 43.4 Å². The molecule has 0 aliphatic carbocycles. The molecule has 0 unspecified atom stereocenters. The van der Waals surface area contributed by atoms with Crippen LogP contribution in [-0.2, 0) is 0 Å². The number of para-hydroxylation sites is 1. The summed E-state index contributed by atoms with van der Waals surface area (Å²) in [7, 11) is 0. The van der Waals surface area contributed by atoms with E-state index in [1.54, 1.807) is 0 Å². The van der Waals surface area contributed by atoms with Crippen LogP contribution in [0.3, 0.4) is 0 Å². The van der Waals surface area contributed by atoms with E-state index in [0.717, 1.165) is 52.4 Å². The average molecular weight is 316 g/mol. The Hall–Kier alpha value is -2.72. The highest BCUT2D eigenvalue weighted by molar-refractivity contribution is 6.05. The van der Waals surface area contributed by atoms with E-state index >= 15 is 0 Å². The third-order valence-electron chi connectivity index (χ3n) is 4.79. The summed E-state index contributed by atoms with van der Waals surface area (Å²) in [6.07, 6.45) is 2.48. The standard InChI is InChI=1S/C20H17N3O/c1-2-8-14(9-3-1)19-21-17-15-10-4-5-11-16(15)24-18(17)20(22-19)23-12-6-7-13-23/h1-5,8-11H,6-7,12-13H2/p+1. The van der Waals surface area contributed by atoms with Gasteiger partial charge >= 0.3 is 0 Å². The average Bonchev–Trinajstić information content (AvgIpc) is 3.29. The van der Waals surface area contributed by atoms with Gasteiger partial charge in [0.2, 0.25) is 5.58 Å². The second-order valence-corrected chi connectivity index (χ2v) is 6.35. The monoisotopic (exact) mass is 316 g/mol. The molecule has 0 spiro atoms. The van der Waals surface area contributed by atoms with Crippen LogP contribution in [0.2, 0.25) is 0 Å². The molecular formula is C20H18N3O+. The van der Waals surface area contributed by atoms with Gasteiger partial charge in [0, 0.05) is 23.8 Å². The largest absolute Gasteiger partial charge is 0.446 e. The van der Waals surface area contributed by atoms with Gasteiger partial charge in [-0.1, -0.05) is 42.5 Å². The number of aromatic nitrogens is 2. The van der Waals surface area contributed by atoms with Gasteiger partial charge in [-0.25, -0.2) is 4.98 Å². The quantitative estimate of drug-likeness (QED) is 0.617. The third-order valence-corrected chi connectivity index (χ3v) is 4.79. The molecule has 4 nitrogen and oxygen atoms in total. The highest BCUT2D eigenvalue weighted by Crippen LogP contribution is 2.31. The summed E-state index contributed by atoms with van der Waals surface area (Å²) in [6.45, 7) is 2.22. The molecule has 0 atom stereocenters. The molecule has 5 rings (SSSR count). The van der Waals surface area contributed by atoms with Crippen LogP contribution in [0.25, 0.3) is 33.5 Å². The van der Waals surface area contributed by atoms with E-state index < -0.39 is 0 Å². The fraction of sp³-hybridized carbons (Fsp3) is 0.200. The van der Waals surface area contributed by atoms with E-state index in [-0.39, 0.29) is 0 Å². The minimum atomic E-state index is 0.782. The van der Waals surface area contributed by atoms with Crippen LogP contribution in [0.15, 0.2) is 59.0 Å². The van der Waals surface area contributed by atoms with Crippen molar-refractivity contribution in [2.24, 2.45) is 0 Å². The summed E-state index contributed by atoms with van der Waals surface area (Å²) in [6, 6.07) is 18.3. The van der Waals surface area contributed by atoms with Gasteiger partial charge in [0.15, 0.2) is 5.82 Å². The second kappa shape index (κ2) is 5.42. The molecule has 24 heavy (non-hydrogen) atoms. The maximum absolute atomic E-state index is 6.14. The van der Waals surface area contributed by atoms with Crippen LogP contribution in [0.5, 0.6) is 0 Å². The first-order chi connectivity index (χ1) is 11.9. The molecule has 2 aromatic heterocycles. The van der Waals surface area contributed by atoms with Crippen molar-refractivity contribution >= 4 is 27.9 Å². The van der Waals surface area contributed by atoms with Crippen LogP contribution in [0, 0.1) is 0 Å². The molecule has 1 saturated heterocycles. The molecular weight excluding hydrogens is 298 g/mol. The molecule has 3 heterocycles. The fourth-order valence-electron chi connectivity index (χ4n) is 3.59. The second-order valence-electron chi connectivity index (χ2n) is 6.35. The Labute approximate surface area is 139 Å². The molecule has 0 radical (unpaired) electrons. The molecule has 1 aliphatic rings. The maximum atomic E-state index is 6.14. The predicted octanol–water partition coefficient (Wildman–Crippen LogP) is 3.35. The first-order valence-electron chi connectivity index (χ1n) is 8.50. The lowest BCUT2D eigenvalue weighted by Crippen LogP contribution is -3.05. The number of nitrogens with one attached hydrogen (secondary N) is 1. The van der Waals surface area contributed by atoms with Crippen LogP contribution < -0.4 is 4.90 Å². The Bertz CT molecular complexity index is 1020. The van der Waals surface area contributed by atoms with Crippen molar-refractivity contribution in [3.05, 3.63) is 54.6 Å². The molecule has 0 saturated carbocycles. The Kier molecular flexibility index (Phi) is 3.10. The molecule has 4 aromatic rings. The normalized spacial score (nSPS) is 15.5. The smallest absolute Gasteiger partial charge is 0.273 e. The summed E-state index contributed by atoms with van der Waals surface area (Å²) in [5.41, 5.74) is 3.69. The summed E-state index contributed by atoms with van der Waals surface area (Å²) in [5.74, 6) is 1.79. The van der Waals surface area contributed by atoms with Crippen LogP contribution in [0.1, 0.15) is 12.8 Å². The van der Waals surface area contributed by atoms with Crippen molar-refractivity contribution in [2.45, 2.75) is 12.8 Å². The number of benzene rings is 2. The Morgan fingerprint density at radius 2 is 1.58 bits per heavy atom. The highest BCUT2D eigenvalue weighted by Gasteiger charge is 2.27. The Morgan fingerprint density at radius 3 is 2.42 bits per heavy atom. The van der Waals surface area contributed by atoms with Gasteiger partial charge in [-0.3, -0.25) is 4.90 Å². The number of fused-ring (bicyclic) bond motifs is 3. The number of furan rings is 1. The molecule has 1 N–H and O–H groups in total. The first kappa shape index (κ1) is 13.7. The van der Waals surface area contributed by atoms with Gasteiger partial charge in [-0.05, 0) is 12.1 Å². The molecule has 118 valence electrons. The van der Waals surface area contributed by atoms with E-state index in [0.29, 0.717) is 0 Å². The molecule has 0 amide bonds. The SMILES string of the molecule is c1ccc(-c2nc([NH+]3CCCC3)c3oc4ccccc4c3n2)cc1. The van der Waals surface area contributed by atoms with Gasteiger partial charge < -0.3 is 4.42 Å².